The van der Waals surface area contributed by atoms with Crippen molar-refractivity contribution in [1.82, 2.24) is 4.90 Å². The first-order valence-corrected chi connectivity index (χ1v) is 12.4. The number of anilines is 2. The van der Waals surface area contributed by atoms with E-state index in [1.165, 1.54) is 22.7 Å². The molecule has 0 atom stereocenters. The molecular weight excluding hydrogens is 413 g/mol. The zero-order valence-electron chi connectivity index (χ0n) is 17.7. The van der Waals surface area contributed by atoms with Gasteiger partial charge in [-0.15, -0.1) is 0 Å². The SMILES string of the molecule is CS(=O)(=O)N(CCCN1CCN(c2ccc(F)cc2)CC1)c1cccc2ccccc12. The first-order chi connectivity index (χ1) is 14.9. The van der Waals surface area contributed by atoms with Crippen LogP contribution in [0.25, 0.3) is 10.8 Å². The normalized spacial score (nSPS) is 15.4. The Balaban J connectivity index is 1.37. The summed E-state index contributed by atoms with van der Waals surface area (Å²) < 4.78 is 39.8. The Morgan fingerprint density at radius 3 is 2.29 bits per heavy atom. The van der Waals surface area contributed by atoms with E-state index in [0.717, 1.165) is 61.3 Å². The second kappa shape index (κ2) is 9.24. The van der Waals surface area contributed by atoms with Gasteiger partial charge in [-0.2, -0.15) is 0 Å². The summed E-state index contributed by atoms with van der Waals surface area (Å²) >= 11 is 0. The summed E-state index contributed by atoms with van der Waals surface area (Å²) in [6, 6.07) is 20.3. The van der Waals surface area contributed by atoms with Crippen molar-refractivity contribution in [2.24, 2.45) is 0 Å². The van der Waals surface area contributed by atoms with Crippen molar-refractivity contribution in [1.29, 1.82) is 0 Å². The highest BCUT2D eigenvalue weighted by Gasteiger charge is 2.21. The summed E-state index contributed by atoms with van der Waals surface area (Å²) in [5.41, 5.74) is 1.78. The molecule has 0 N–H and O–H groups in total. The average molecular weight is 442 g/mol. The van der Waals surface area contributed by atoms with Gasteiger partial charge in [-0.25, -0.2) is 12.8 Å². The lowest BCUT2D eigenvalue weighted by Gasteiger charge is -2.36. The summed E-state index contributed by atoms with van der Waals surface area (Å²) in [5, 5.41) is 1.98. The van der Waals surface area contributed by atoms with Gasteiger partial charge in [0.25, 0.3) is 0 Å². The Kier molecular flexibility index (Phi) is 6.43. The highest BCUT2D eigenvalue weighted by atomic mass is 32.2. The van der Waals surface area contributed by atoms with Crippen LogP contribution in [0, 0.1) is 5.82 Å². The molecule has 5 nitrogen and oxygen atoms in total. The molecule has 1 fully saturated rings. The van der Waals surface area contributed by atoms with Gasteiger partial charge in [0.1, 0.15) is 5.82 Å². The molecule has 0 aromatic heterocycles. The topological polar surface area (TPSA) is 43.9 Å². The Hall–Kier alpha value is -2.64. The van der Waals surface area contributed by atoms with E-state index in [0.29, 0.717) is 6.54 Å². The van der Waals surface area contributed by atoms with Gasteiger partial charge in [-0.3, -0.25) is 9.21 Å². The molecule has 7 heteroatoms. The molecule has 164 valence electrons. The fraction of sp³-hybridized carbons (Fsp3) is 0.333. The molecule has 1 aliphatic rings. The molecule has 0 saturated carbocycles. The molecule has 0 radical (unpaired) electrons. The summed E-state index contributed by atoms with van der Waals surface area (Å²) in [7, 11) is -3.38. The fourth-order valence-electron chi connectivity index (χ4n) is 4.21. The van der Waals surface area contributed by atoms with Crippen molar-refractivity contribution in [2.75, 3.05) is 54.7 Å². The standard InChI is InChI=1S/C24H28FN3O2S/c1-31(29,30)28(24-9-4-7-20-6-2-3-8-23(20)24)15-5-14-26-16-18-27(19-17-26)22-12-10-21(25)11-13-22/h2-4,6-13H,5,14-19H2,1H3. The van der Waals surface area contributed by atoms with Crippen molar-refractivity contribution in [3.8, 4) is 0 Å². The molecule has 1 aliphatic heterocycles. The largest absolute Gasteiger partial charge is 0.369 e. The van der Waals surface area contributed by atoms with Crippen LogP contribution in [-0.4, -0.2) is 58.8 Å². The third kappa shape index (κ3) is 5.17. The van der Waals surface area contributed by atoms with Crippen LogP contribution in [0.4, 0.5) is 15.8 Å². The lowest BCUT2D eigenvalue weighted by Crippen LogP contribution is -2.47. The molecule has 31 heavy (non-hydrogen) atoms. The molecule has 0 spiro atoms. The van der Waals surface area contributed by atoms with E-state index in [4.69, 9.17) is 0 Å². The van der Waals surface area contributed by atoms with Crippen LogP contribution in [0.5, 0.6) is 0 Å². The monoisotopic (exact) mass is 441 g/mol. The molecule has 3 aromatic rings. The zero-order valence-corrected chi connectivity index (χ0v) is 18.6. The number of benzene rings is 3. The molecular formula is C24H28FN3O2S. The van der Waals surface area contributed by atoms with Crippen molar-refractivity contribution in [3.05, 3.63) is 72.5 Å². The lowest BCUT2D eigenvalue weighted by molar-refractivity contribution is 0.256. The van der Waals surface area contributed by atoms with Gasteiger partial charge in [0, 0.05) is 50.3 Å². The second-order valence-corrected chi connectivity index (χ2v) is 9.90. The second-order valence-electron chi connectivity index (χ2n) is 7.99. The van der Waals surface area contributed by atoms with E-state index in [1.54, 1.807) is 0 Å². The Morgan fingerprint density at radius 2 is 1.58 bits per heavy atom. The van der Waals surface area contributed by atoms with E-state index >= 15 is 0 Å². The summed E-state index contributed by atoms with van der Waals surface area (Å²) in [6.07, 6.45) is 2.03. The molecule has 1 heterocycles. The zero-order chi connectivity index (χ0) is 21.8. The Bertz CT molecular complexity index is 1120. The van der Waals surface area contributed by atoms with E-state index < -0.39 is 10.0 Å². The number of nitrogens with zero attached hydrogens (tertiary/aromatic N) is 3. The van der Waals surface area contributed by atoms with Crippen LogP contribution in [0.3, 0.4) is 0 Å². The highest BCUT2D eigenvalue weighted by molar-refractivity contribution is 7.92. The number of fused-ring (bicyclic) bond motifs is 1. The summed E-state index contributed by atoms with van der Waals surface area (Å²) in [6.45, 7) is 4.86. The van der Waals surface area contributed by atoms with Gasteiger partial charge in [-0.05, 0) is 42.1 Å². The number of sulfonamides is 1. The van der Waals surface area contributed by atoms with Crippen LogP contribution in [0.2, 0.25) is 0 Å². The predicted molar refractivity (Wildman–Crippen MR) is 126 cm³/mol. The molecule has 0 amide bonds. The minimum absolute atomic E-state index is 0.219. The number of halogens is 1. The minimum Gasteiger partial charge on any atom is -0.369 e. The van der Waals surface area contributed by atoms with Crippen molar-refractivity contribution >= 4 is 32.2 Å². The van der Waals surface area contributed by atoms with Crippen LogP contribution < -0.4 is 9.21 Å². The Labute approximate surface area is 183 Å². The van der Waals surface area contributed by atoms with Crippen molar-refractivity contribution < 1.29 is 12.8 Å². The van der Waals surface area contributed by atoms with E-state index in [9.17, 15) is 12.8 Å². The van der Waals surface area contributed by atoms with Crippen LogP contribution in [0.15, 0.2) is 66.7 Å². The molecule has 3 aromatic carbocycles. The number of rotatable bonds is 7. The van der Waals surface area contributed by atoms with Crippen LogP contribution >= 0.6 is 0 Å². The summed E-state index contributed by atoms with van der Waals surface area (Å²) in [4.78, 5) is 4.62. The number of piperazine rings is 1. The van der Waals surface area contributed by atoms with E-state index in [-0.39, 0.29) is 5.82 Å². The smallest absolute Gasteiger partial charge is 0.232 e. The Morgan fingerprint density at radius 1 is 0.903 bits per heavy atom. The third-order valence-electron chi connectivity index (χ3n) is 5.84. The average Bonchev–Trinajstić information content (AvgIpc) is 2.77. The third-order valence-corrected chi connectivity index (χ3v) is 7.02. The fourth-order valence-corrected chi connectivity index (χ4v) is 5.19. The van der Waals surface area contributed by atoms with Gasteiger partial charge in [0.15, 0.2) is 0 Å². The molecule has 1 saturated heterocycles. The first-order valence-electron chi connectivity index (χ1n) is 10.6. The number of hydrogen-bond acceptors (Lipinski definition) is 4. The maximum atomic E-state index is 13.1. The number of hydrogen-bond donors (Lipinski definition) is 0. The maximum absolute atomic E-state index is 13.1. The molecule has 0 unspecified atom stereocenters. The van der Waals surface area contributed by atoms with Crippen molar-refractivity contribution in [3.63, 3.8) is 0 Å². The van der Waals surface area contributed by atoms with Gasteiger partial charge in [-0.1, -0.05) is 36.4 Å². The van der Waals surface area contributed by atoms with Gasteiger partial charge in [0.05, 0.1) is 11.9 Å². The van der Waals surface area contributed by atoms with Crippen LogP contribution in [-0.2, 0) is 10.0 Å². The molecule has 0 aliphatic carbocycles. The van der Waals surface area contributed by atoms with Gasteiger partial charge in [0.2, 0.25) is 10.0 Å². The quantitative estimate of drug-likeness (QED) is 0.557. The predicted octanol–water partition coefficient (Wildman–Crippen LogP) is 3.96. The minimum atomic E-state index is -3.38. The van der Waals surface area contributed by atoms with Gasteiger partial charge < -0.3 is 4.90 Å². The summed E-state index contributed by atoms with van der Waals surface area (Å²) in [5.74, 6) is -0.219. The molecule has 4 rings (SSSR count). The van der Waals surface area contributed by atoms with Crippen molar-refractivity contribution in [2.45, 2.75) is 6.42 Å². The van der Waals surface area contributed by atoms with Crippen LogP contribution in [0.1, 0.15) is 6.42 Å². The maximum Gasteiger partial charge on any atom is 0.232 e. The van der Waals surface area contributed by atoms with E-state index in [2.05, 4.69) is 9.80 Å². The van der Waals surface area contributed by atoms with E-state index in [1.807, 2.05) is 54.6 Å². The lowest BCUT2D eigenvalue weighted by atomic mass is 10.1. The van der Waals surface area contributed by atoms with Gasteiger partial charge >= 0.3 is 0 Å². The molecule has 0 bridgehead atoms. The first kappa shape index (κ1) is 21.6. The highest BCUT2D eigenvalue weighted by Crippen LogP contribution is 2.28.